The van der Waals surface area contributed by atoms with Crippen molar-refractivity contribution in [1.82, 2.24) is 4.90 Å². The fraction of sp³-hybridized carbons (Fsp3) is 0.929. The Labute approximate surface area is 115 Å². The molecule has 110 valence electrons. The molecule has 1 amide bonds. The van der Waals surface area contributed by atoms with Crippen LogP contribution in [0, 0.1) is 0 Å². The van der Waals surface area contributed by atoms with Crippen molar-refractivity contribution in [3.05, 3.63) is 0 Å². The van der Waals surface area contributed by atoms with Gasteiger partial charge in [0, 0.05) is 12.6 Å². The van der Waals surface area contributed by atoms with Crippen LogP contribution in [0.2, 0.25) is 0 Å². The number of nitrogens with zero attached hydrogens (tertiary/aromatic N) is 1. The van der Waals surface area contributed by atoms with E-state index >= 15 is 0 Å². The summed E-state index contributed by atoms with van der Waals surface area (Å²) in [6.45, 7) is 7.34. The highest BCUT2D eigenvalue weighted by molar-refractivity contribution is 5.68. The normalized spacial score (nSPS) is 32.4. The first kappa shape index (κ1) is 14.6. The Morgan fingerprint density at radius 3 is 2.79 bits per heavy atom. The first-order chi connectivity index (χ1) is 8.82. The SMILES string of the molecule is CC(C)(C)OC(=O)N1CCO[C@]2(CCCC[C@H]2N)C1. The second-order valence-electron chi connectivity index (χ2n) is 6.67. The molecule has 2 N–H and O–H groups in total. The van der Waals surface area contributed by atoms with E-state index in [1.807, 2.05) is 20.8 Å². The van der Waals surface area contributed by atoms with E-state index in [0.29, 0.717) is 19.7 Å². The van der Waals surface area contributed by atoms with Crippen molar-refractivity contribution in [3.63, 3.8) is 0 Å². The standard InChI is InChI=1S/C14H26N2O3/c1-13(2,3)19-12(17)16-8-9-18-14(10-16)7-5-4-6-11(14)15/h11H,4-10,15H2,1-3H3/t11-,14-/m1/s1. The van der Waals surface area contributed by atoms with Crippen LogP contribution >= 0.6 is 0 Å². The molecule has 2 aliphatic rings. The predicted octanol–water partition coefficient (Wildman–Crippen LogP) is 1.89. The molecule has 0 aromatic rings. The summed E-state index contributed by atoms with van der Waals surface area (Å²) in [5, 5.41) is 0. The summed E-state index contributed by atoms with van der Waals surface area (Å²) in [7, 11) is 0. The third kappa shape index (κ3) is 3.39. The number of carbonyl (C=O) groups is 1. The number of carbonyl (C=O) groups excluding carboxylic acids is 1. The first-order valence-corrected chi connectivity index (χ1v) is 7.20. The van der Waals surface area contributed by atoms with E-state index in [1.165, 1.54) is 0 Å². The molecule has 1 heterocycles. The minimum Gasteiger partial charge on any atom is -0.444 e. The highest BCUT2D eigenvalue weighted by Crippen LogP contribution is 2.34. The van der Waals surface area contributed by atoms with Crippen LogP contribution in [0.4, 0.5) is 4.79 Å². The summed E-state index contributed by atoms with van der Waals surface area (Å²) in [5.41, 5.74) is 5.42. The third-order valence-corrected chi connectivity index (χ3v) is 3.90. The molecule has 5 nitrogen and oxygen atoms in total. The Hall–Kier alpha value is -0.810. The van der Waals surface area contributed by atoms with Crippen LogP contribution in [0.25, 0.3) is 0 Å². The number of hydrogen-bond donors (Lipinski definition) is 1. The van der Waals surface area contributed by atoms with Gasteiger partial charge in [0.1, 0.15) is 11.2 Å². The van der Waals surface area contributed by atoms with E-state index in [9.17, 15) is 4.79 Å². The summed E-state index contributed by atoms with van der Waals surface area (Å²) in [5.74, 6) is 0. The monoisotopic (exact) mass is 270 g/mol. The lowest BCUT2D eigenvalue weighted by molar-refractivity contribution is -0.134. The zero-order valence-corrected chi connectivity index (χ0v) is 12.3. The van der Waals surface area contributed by atoms with E-state index in [4.69, 9.17) is 15.2 Å². The van der Waals surface area contributed by atoms with Gasteiger partial charge in [-0.3, -0.25) is 0 Å². The van der Waals surface area contributed by atoms with E-state index in [2.05, 4.69) is 0 Å². The van der Waals surface area contributed by atoms with E-state index in [1.54, 1.807) is 4.90 Å². The zero-order chi connectivity index (χ0) is 14.1. The van der Waals surface area contributed by atoms with Crippen molar-refractivity contribution in [2.45, 2.75) is 63.7 Å². The van der Waals surface area contributed by atoms with Gasteiger partial charge >= 0.3 is 6.09 Å². The molecule has 0 bridgehead atoms. The van der Waals surface area contributed by atoms with Crippen molar-refractivity contribution >= 4 is 6.09 Å². The molecule has 0 aromatic carbocycles. The molecule has 1 saturated carbocycles. The van der Waals surface area contributed by atoms with Crippen molar-refractivity contribution in [2.75, 3.05) is 19.7 Å². The molecule has 0 aromatic heterocycles. The Kier molecular flexibility index (Phi) is 4.06. The third-order valence-electron chi connectivity index (χ3n) is 3.90. The summed E-state index contributed by atoms with van der Waals surface area (Å²) in [4.78, 5) is 13.9. The minimum absolute atomic E-state index is 0.0199. The summed E-state index contributed by atoms with van der Waals surface area (Å²) < 4.78 is 11.4. The van der Waals surface area contributed by atoms with Gasteiger partial charge in [-0.2, -0.15) is 0 Å². The van der Waals surface area contributed by atoms with Gasteiger partial charge in [0.2, 0.25) is 0 Å². The number of hydrogen-bond acceptors (Lipinski definition) is 4. The molecule has 0 unspecified atom stereocenters. The number of amides is 1. The Balaban J connectivity index is 2.02. The Bertz CT molecular complexity index is 336. The van der Waals surface area contributed by atoms with E-state index in [-0.39, 0.29) is 17.7 Å². The Morgan fingerprint density at radius 2 is 2.16 bits per heavy atom. The maximum Gasteiger partial charge on any atom is 0.410 e. The number of rotatable bonds is 0. The van der Waals surface area contributed by atoms with Crippen LogP contribution in [0.1, 0.15) is 46.5 Å². The van der Waals surface area contributed by atoms with Gasteiger partial charge in [0.25, 0.3) is 0 Å². The average Bonchev–Trinajstić information content (AvgIpc) is 2.31. The van der Waals surface area contributed by atoms with Gasteiger partial charge in [0.05, 0.1) is 13.2 Å². The summed E-state index contributed by atoms with van der Waals surface area (Å²) >= 11 is 0. The van der Waals surface area contributed by atoms with Gasteiger partial charge < -0.3 is 20.1 Å². The van der Waals surface area contributed by atoms with E-state index in [0.717, 1.165) is 25.7 Å². The van der Waals surface area contributed by atoms with Crippen molar-refractivity contribution < 1.29 is 14.3 Å². The van der Waals surface area contributed by atoms with E-state index < -0.39 is 5.60 Å². The molecule has 1 spiro atoms. The van der Waals surface area contributed by atoms with Crippen molar-refractivity contribution in [2.24, 2.45) is 5.73 Å². The molecular formula is C14H26N2O3. The molecule has 2 fully saturated rings. The highest BCUT2D eigenvalue weighted by Gasteiger charge is 2.45. The van der Waals surface area contributed by atoms with Crippen molar-refractivity contribution in [3.8, 4) is 0 Å². The second-order valence-corrected chi connectivity index (χ2v) is 6.67. The number of nitrogens with two attached hydrogens (primary N) is 1. The summed E-state index contributed by atoms with van der Waals surface area (Å²) in [6, 6.07) is 0.0199. The molecule has 1 aliphatic heterocycles. The van der Waals surface area contributed by atoms with Crippen LogP contribution in [0.15, 0.2) is 0 Å². The van der Waals surface area contributed by atoms with Gasteiger partial charge in [-0.1, -0.05) is 12.8 Å². The largest absolute Gasteiger partial charge is 0.444 e. The fourth-order valence-electron chi connectivity index (χ4n) is 2.90. The van der Waals surface area contributed by atoms with Gasteiger partial charge in [0.15, 0.2) is 0 Å². The zero-order valence-electron chi connectivity index (χ0n) is 12.3. The molecule has 0 radical (unpaired) electrons. The van der Waals surface area contributed by atoms with Crippen LogP contribution in [0.5, 0.6) is 0 Å². The summed E-state index contributed by atoms with van der Waals surface area (Å²) in [6.07, 6.45) is 3.93. The molecular weight excluding hydrogens is 244 g/mol. The lowest BCUT2D eigenvalue weighted by Gasteiger charge is -2.48. The maximum atomic E-state index is 12.2. The first-order valence-electron chi connectivity index (χ1n) is 7.20. The molecule has 2 atom stereocenters. The van der Waals surface area contributed by atoms with Gasteiger partial charge in [-0.25, -0.2) is 4.79 Å². The quantitative estimate of drug-likeness (QED) is 0.730. The van der Waals surface area contributed by atoms with Crippen molar-refractivity contribution in [1.29, 1.82) is 0 Å². The lowest BCUT2D eigenvalue weighted by atomic mass is 9.79. The van der Waals surface area contributed by atoms with Gasteiger partial charge in [-0.05, 0) is 33.6 Å². The topological polar surface area (TPSA) is 64.8 Å². The highest BCUT2D eigenvalue weighted by atomic mass is 16.6. The number of ether oxygens (including phenoxy) is 2. The predicted molar refractivity (Wildman–Crippen MR) is 72.9 cm³/mol. The average molecular weight is 270 g/mol. The lowest BCUT2D eigenvalue weighted by Crippen LogP contribution is -2.63. The van der Waals surface area contributed by atoms with Crippen LogP contribution in [-0.2, 0) is 9.47 Å². The molecule has 2 rings (SSSR count). The molecule has 1 saturated heterocycles. The van der Waals surface area contributed by atoms with Crippen LogP contribution in [-0.4, -0.2) is 47.9 Å². The number of morpholine rings is 1. The smallest absolute Gasteiger partial charge is 0.410 e. The van der Waals surface area contributed by atoms with Crippen LogP contribution in [0.3, 0.4) is 0 Å². The minimum atomic E-state index is -0.461. The van der Waals surface area contributed by atoms with Crippen LogP contribution < -0.4 is 5.73 Å². The Morgan fingerprint density at radius 1 is 1.42 bits per heavy atom. The second kappa shape index (κ2) is 5.29. The molecule has 5 heteroatoms. The fourth-order valence-corrected chi connectivity index (χ4v) is 2.90. The maximum absolute atomic E-state index is 12.2. The molecule has 19 heavy (non-hydrogen) atoms. The van der Waals surface area contributed by atoms with Gasteiger partial charge in [-0.15, -0.1) is 0 Å². The molecule has 1 aliphatic carbocycles.